The molecule has 1 aliphatic rings. The van der Waals surface area contributed by atoms with E-state index >= 15 is 0 Å². The quantitative estimate of drug-likeness (QED) is 0.623. The van der Waals surface area contributed by atoms with Crippen molar-refractivity contribution in [3.63, 3.8) is 0 Å². The molecule has 1 aliphatic heterocycles. The molecule has 2 N–H and O–H groups in total. The zero-order valence-corrected chi connectivity index (χ0v) is 16.4. The highest BCUT2D eigenvalue weighted by molar-refractivity contribution is 7.89. The third-order valence-corrected chi connectivity index (χ3v) is 6.01. The van der Waals surface area contributed by atoms with Crippen molar-refractivity contribution in [2.45, 2.75) is 58.2 Å². The molecule has 142 valence electrons. The van der Waals surface area contributed by atoms with Crippen molar-refractivity contribution < 1.29 is 8.42 Å². The van der Waals surface area contributed by atoms with Gasteiger partial charge in [-0.1, -0.05) is 44.2 Å². The normalized spacial score (nSPS) is 19.4. The van der Waals surface area contributed by atoms with Gasteiger partial charge in [-0.25, -0.2) is 13.1 Å². The minimum atomic E-state index is -3.18. The lowest BCUT2D eigenvalue weighted by Crippen LogP contribution is -2.47. The van der Waals surface area contributed by atoms with E-state index < -0.39 is 10.0 Å². The molecule has 0 aromatic heterocycles. The molecule has 0 radical (unpaired) electrons. The van der Waals surface area contributed by atoms with Crippen molar-refractivity contribution in [2.75, 3.05) is 25.4 Å². The Morgan fingerprint density at radius 3 is 2.68 bits per heavy atom. The predicted octanol–water partition coefficient (Wildman–Crippen LogP) is 2.35. The zero-order chi connectivity index (χ0) is 18.1. The molecule has 1 atom stereocenters. The van der Waals surface area contributed by atoms with Crippen molar-refractivity contribution in [3.8, 4) is 0 Å². The number of likely N-dealkylation sites (tertiary alicyclic amines) is 1. The van der Waals surface area contributed by atoms with E-state index in [4.69, 9.17) is 0 Å². The Balaban J connectivity index is 1.73. The van der Waals surface area contributed by atoms with Crippen molar-refractivity contribution >= 4 is 10.0 Å². The van der Waals surface area contributed by atoms with Crippen LogP contribution in [0.25, 0.3) is 0 Å². The summed E-state index contributed by atoms with van der Waals surface area (Å²) < 4.78 is 27.5. The number of benzene rings is 1. The van der Waals surface area contributed by atoms with Crippen LogP contribution in [0.2, 0.25) is 0 Å². The van der Waals surface area contributed by atoms with E-state index in [-0.39, 0.29) is 11.8 Å². The van der Waals surface area contributed by atoms with E-state index in [2.05, 4.69) is 40.9 Å². The molecule has 1 fully saturated rings. The zero-order valence-electron chi connectivity index (χ0n) is 15.6. The van der Waals surface area contributed by atoms with E-state index in [1.54, 1.807) is 0 Å². The number of nitrogens with zero attached hydrogens (tertiary/aromatic N) is 1. The summed E-state index contributed by atoms with van der Waals surface area (Å²) in [6.07, 6.45) is 3.57. The first-order chi connectivity index (χ1) is 11.9. The molecule has 1 aromatic carbocycles. The summed E-state index contributed by atoms with van der Waals surface area (Å²) in [7, 11) is -3.18. The maximum absolute atomic E-state index is 12.3. The molecule has 6 heteroatoms. The van der Waals surface area contributed by atoms with Gasteiger partial charge in [0.1, 0.15) is 0 Å². The molecule has 1 heterocycles. The summed E-state index contributed by atoms with van der Waals surface area (Å²) in [6.45, 7) is 7.80. The molecular formula is C19H33N3O2S. The minimum absolute atomic E-state index is 0.0382. The second-order valence-corrected chi connectivity index (χ2v) is 9.19. The van der Waals surface area contributed by atoms with Crippen LogP contribution in [0.5, 0.6) is 0 Å². The summed E-state index contributed by atoms with van der Waals surface area (Å²) in [6, 6.07) is 10.9. The monoisotopic (exact) mass is 367 g/mol. The summed E-state index contributed by atoms with van der Waals surface area (Å²) >= 11 is 0. The number of unbranched alkanes of at least 4 members (excludes halogenated alkanes) is 1. The highest BCUT2D eigenvalue weighted by atomic mass is 32.2. The Morgan fingerprint density at radius 1 is 1.20 bits per heavy atom. The van der Waals surface area contributed by atoms with Gasteiger partial charge in [0.15, 0.2) is 0 Å². The molecule has 1 aromatic rings. The van der Waals surface area contributed by atoms with E-state index in [1.807, 2.05) is 18.2 Å². The molecule has 0 spiro atoms. The first kappa shape index (κ1) is 20.4. The lowest BCUT2D eigenvalue weighted by molar-refractivity contribution is 0.194. The molecule has 0 amide bonds. The number of hydrogen-bond acceptors (Lipinski definition) is 4. The smallest absolute Gasteiger partial charge is 0.211 e. The topological polar surface area (TPSA) is 61.4 Å². The van der Waals surface area contributed by atoms with Gasteiger partial charge in [0, 0.05) is 25.2 Å². The average Bonchev–Trinajstić information content (AvgIpc) is 2.55. The fourth-order valence-corrected chi connectivity index (χ4v) is 4.66. The van der Waals surface area contributed by atoms with E-state index in [0.717, 1.165) is 45.4 Å². The molecule has 2 rings (SSSR count). The van der Waals surface area contributed by atoms with Gasteiger partial charge >= 0.3 is 0 Å². The van der Waals surface area contributed by atoms with Crippen molar-refractivity contribution in [3.05, 3.63) is 35.9 Å². The molecule has 0 bridgehead atoms. The second kappa shape index (κ2) is 10.3. The van der Waals surface area contributed by atoms with Crippen LogP contribution in [-0.2, 0) is 16.6 Å². The van der Waals surface area contributed by atoms with Gasteiger partial charge < -0.3 is 5.32 Å². The molecule has 0 aliphatic carbocycles. The molecule has 1 saturated heterocycles. The minimum Gasteiger partial charge on any atom is -0.315 e. The number of sulfonamides is 1. The average molecular weight is 368 g/mol. The van der Waals surface area contributed by atoms with Gasteiger partial charge in [-0.15, -0.1) is 0 Å². The Hall–Kier alpha value is -0.950. The van der Waals surface area contributed by atoms with E-state index in [9.17, 15) is 8.42 Å². The van der Waals surface area contributed by atoms with Crippen LogP contribution < -0.4 is 10.0 Å². The SMILES string of the molecule is CC(C)NCCCCS(=O)(=O)NC1CCCN(Cc2ccccc2)C1. The summed E-state index contributed by atoms with van der Waals surface area (Å²) in [5, 5.41) is 3.32. The summed E-state index contributed by atoms with van der Waals surface area (Å²) in [4.78, 5) is 2.35. The van der Waals surface area contributed by atoms with Gasteiger partial charge in [-0.3, -0.25) is 4.90 Å². The van der Waals surface area contributed by atoms with Crippen LogP contribution in [0.1, 0.15) is 45.1 Å². The Bertz CT molecular complexity index is 590. The number of hydrogen-bond donors (Lipinski definition) is 2. The van der Waals surface area contributed by atoms with Crippen LogP contribution >= 0.6 is 0 Å². The predicted molar refractivity (Wildman–Crippen MR) is 104 cm³/mol. The van der Waals surface area contributed by atoms with Gasteiger partial charge in [-0.05, 0) is 44.3 Å². The van der Waals surface area contributed by atoms with Crippen molar-refractivity contribution in [1.82, 2.24) is 14.9 Å². The summed E-state index contributed by atoms with van der Waals surface area (Å²) in [5.74, 6) is 0.224. The second-order valence-electron chi connectivity index (χ2n) is 7.31. The van der Waals surface area contributed by atoms with Crippen LogP contribution in [0.4, 0.5) is 0 Å². The molecule has 5 nitrogen and oxygen atoms in total. The Morgan fingerprint density at radius 2 is 1.96 bits per heavy atom. The van der Waals surface area contributed by atoms with Crippen LogP contribution in [-0.4, -0.2) is 50.8 Å². The highest BCUT2D eigenvalue weighted by Crippen LogP contribution is 2.14. The van der Waals surface area contributed by atoms with Crippen molar-refractivity contribution in [2.24, 2.45) is 0 Å². The van der Waals surface area contributed by atoms with Gasteiger partial charge in [-0.2, -0.15) is 0 Å². The van der Waals surface area contributed by atoms with Crippen molar-refractivity contribution in [1.29, 1.82) is 0 Å². The fourth-order valence-electron chi connectivity index (χ4n) is 3.26. The van der Waals surface area contributed by atoms with Gasteiger partial charge in [0.2, 0.25) is 10.0 Å². The Labute approximate surface area is 153 Å². The number of piperidine rings is 1. The molecular weight excluding hydrogens is 334 g/mol. The molecule has 1 unspecified atom stereocenters. The van der Waals surface area contributed by atoms with Crippen LogP contribution in [0, 0.1) is 0 Å². The lowest BCUT2D eigenvalue weighted by Gasteiger charge is -2.33. The fraction of sp³-hybridized carbons (Fsp3) is 0.684. The highest BCUT2D eigenvalue weighted by Gasteiger charge is 2.23. The standard InChI is InChI=1S/C19H33N3O2S/c1-17(2)20-12-6-7-14-25(23,24)21-19-11-8-13-22(16-19)15-18-9-4-3-5-10-18/h3-5,9-10,17,19-21H,6-8,11-16H2,1-2H3. The molecule has 25 heavy (non-hydrogen) atoms. The third-order valence-electron chi connectivity index (χ3n) is 4.49. The largest absolute Gasteiger partial charge is 0.315 e. The Kier molecular flexibility index (Phi) is 8.36. The van der Waals surface area contributed by atoms with Crippen LogP contribution in [0.15, 0.2) is 30.3 Å². The first-order valence-electron chi connectivity index (χ1n) is 9.44. The maximum atomic E-state index is 12.3. The van der Waals surface area contributed by atoms with Crippen LogP contribution in [0.3, 0.4) is 0 Å². The maximum Gasteiger partial charge on any atom is 0.211 e. The molecule has 0 saturated carbocycles. The lowest BCUT2D eigenvalue weighted by atomic mass is 10.1. The first-order valence-corrected chi connectivity index (χ1v) is 11.1. The van der Waals surface area contributed by atoms with E-state index in [0.29, 0.717) is 12.5 Å². The number of nitrogens with one attached hydrogen (secondary N) is 2. The van der Waals surface area contributed by atoms with E-state index in [1.165, 1.54) is 5.56 Å². The van der Waals surface area contributed by atoms with Gasteiger partial charge in [0.25, 0.3) is 0 Å². The number of rotatable bonds is 10. The van der Waals surface area contributed by atoms with Gasteiger partial charge in [0.05, 0.1) is 5.75 Å². The third kappa shape index (κ3) is 8.31. The summed E-state index contributed by atoms with van der Waals surface area (Å²) in [5.41, 5.74) is 1.28.